The van der Waals surface area contributed by atoms with E-state index >= 15 is 0 Å². The van der Waals surface area contributed by atoms with Gasteiger partial charge in [0.2, 0.25) is 0 Å². The summed E-state index contributed by atoms with van der Waals surface area (Å²) in [5.41, 5.74) is 6.64. The number of rotatable bonds is 6. The lowest BCUT2D eigenvalue weighted by molar-refractivity contribution is 0.0899. The van der Waals surface area contributed by atoms with Crippen LogP contribution in [0.2, 0.25) is 0 Å². The van der Waals surface area contributed by atoms with Crippen LogP contribution in [0.5, 0.6) is 0 Å². The lowest BCUT2D eigenvalue weighted by atomic mass is 9.82. The van der Waals surface area contributed by atoms with Gasteiger partial charge in [-0.2, -0.15) is 0 Å². The number of furan rings is 1. The Hall–Kier alpha value is -1.29. The molecule has 17 heavy (non-hydrogen) atoms. The minimum absolute atomic E-state index is 0.00381. The zero-order valence-electron chi connectivity index (χ0n) is 10.9. The second kappa shape index (κ2) is 5.87. The average Bonchev–Trinajstić information content (AvgIpc) is 2.78. The second-order valence-corrected chi connectivity index (χ2v) is 4.53. The molecule has 0 unspecified atom stereocenters. The van der Waals surface area contributed by atoms with Gasteiger partial charge in [0, 0.05) is 12.1 Å². The van der Waals surface area contributed by atoms with Crippen molar-refractivity contribution in [1.82, 2.24) is 5.32 Å². The highest BCUT2D eigenvalue weighted by Crippen LogP contribution is 2.23. The first kappa shape index (κ1) is 13.8. The lowest BCUT2D eigenvalue weighted by Crippen LogP contribution is -2.41. The molecular weight excluding hydrogens is 216 g/mol. The highest BCUT2D eigenvalue weighted by atomic mass is 16.3. The van der Waals surface area contributed by atoms with Gasteiger partial charge in [-0.1, -0.05) is 13.8 Å². The fourth-order valence-electron chi connectivity index (χ4n) is 1.81. The number of nitrogens with two attached hydrogens (primary N) is 1. The van der Waals surface area contributed by atoms with Gasteiger partial charge < -0.3 is 15.5 Å². The quantitative estimate of drug-likeness (QED) is 0.797. The van der Waals surface area contributed by atoms with E-state index in [0.717, 1.165) is 18.4 Å². The Morgan fingerprint density at radius 2 is 2.12 bits per heavy atom. The number of carbonyl (C=O) groups is 1. The summed E-state index contributed by atoms with van der Waals surface area (Å²) >= 11 is 0. The molecule has 0 aliphatic rings. The van der Waals surface area contributed by atoms with Crippen LogP contribution >= 0.6 is 0 Å². The Morgan fingerprint density at radius 1 is 1.47 bits per heavy atom. The van der Waals surface area contributed by atoms with Crippen LogP contribution < -0.4 is 11.1 Å². The SMILES string of the molecule is CCC(CC)(CN)CNC(=O)c1occc1C. The molecule has 0 aromatic carbocycles. The fraction of sp³-hybridized carbons (Fsp3) is 0.615. The Labute approximate surface area is 103 Å². The molecule has 1 rings (SSSR count). The van der Waals surface area contributed by atoms with Crippen LogP contribution in [0.3, 0.4) is 0 Å². The third-order valence-electron chi connectivity index (χ3n) is 3.63. The molecule has 0 saturated carbocycles. The predicted octanol–water partition coefficient (Wildman–Crippen LogP) is 2.08. The largest absolute Gasteiger partial charge is 0.459 e. The van der Waals surface area contributed by atoms with Crippen molar-refractivity contribution >= 4 is 5.91 Å². The summed E-state index contributed by atoms with van der Waals surface area (Å²) in [6, 6.07) is 1.78. The van der Waals surface area contributed by atoms with E-state index < -0.39 is 0 Å². The van der Waals surface area contributed by atoms with Crippen LogP contribution in [0, 0.1) is 12.3 Å². The van der Waals surface area contributed by atoms with Gasteiger partial charge in [0.15, 0.2) is 5.76 Å². The molecule has 1 aromatic rings. The fourth-order valence-corrected chi connectivity index (χ4v) is 1.81. The average molecular weight is 238 g/mol. The van der Waals surface area contributed by atoms with Crippen LogP contribution in [0.25, 0.3) is 0 Å². The van der Waals surface area contributed by atoms with Crippen molar-refractivity contribution in [3.63, 3.8) is 0 Å². The van der Waals surface area contributed by atoms with Gasteiger partial charge in [0.05, 0.1) is 6.26 Å². The van der Waals surface area contributed by atoms with Crippen molar-refractivity contribution in [1.29, 1.82) is 0 Å². The first-order valence-electron chi connectivity index (χ1n) is 6.11. The summed E-state index contributed by atoms with van der Waals surface area (Å²) in [5, 5.41) is 2.91. The molecule has 1 heterocycles. The summed E-state index contributed by atoms with van der Waals surface area (Å²) in [7, 11) is 0. The summed E-state index contributed by atoms with van der Waals surface area (Å²) in [6.45, 7) is 7.22. The first-order valence-corrected chi connectivity index (χ1v) is 6.11. The van der Waals surface area contributed by atoms with Crippen LogP contribution in [0.1, 0.15) is 42.8 Å². The summed E-state index contributed by atoms with van der Waals surface area (Å²) < 4.78 is 5.15. The smallest absolute Gasteiger partial charge is 0.287 e. The zero-order valence-corrected chi connectivity index (χ0v) is 10.9. The normalized spacial score (nSPS) is 11.5. The molecule has 0 aliphatic heterocycles. The van der Waals surface area contributed by atoms with E-state index in [9.17, 15) is 4.79 Å². The summed E-state index contributed by atoms with van der Waals surface area (Å²) in [5.74, 6) is 0.232. The van der Waals surface area contributed by atoms with E-state index in [1.165, 1.54) is 6.26 Å². The molecule has 1 aromatic heterocycles. The molecule has 1 amide bonds. The van der Waals surface area contributed by atoms with E-state index in [-0.39, 0.29) is 11.3 Å². The van der Waals surface area contributed by atoms with Crippen molar-refractivity contribution in [3.05, 3.63) is 23.7 Å². The number of carbonyl (C=O) groups excluding carboxylic acids is 1. The molecular formula is C13H22N2O2. The molecule has 4 heteroatoms. The van der Waals surface area contributed by atoms with E-state index in [1.807, 2.05) is 6.92 Å². The lowest BCUT2D eigenvalue weighted by Gasteiger charge is -2.30. The van der Waals surface area contributed by atoms with E-state index in [4.69, 9.17) is 10.2 Å². The highest BCUT2D eigenvalue weighted by molar-refractivity contribution is 5.92. The Bertz CT molecular complexity index is 359. The molecule has 0 aliphatic carbocycles. The minimum atomic E-state index is -0.160. The van der Waals surface area contributed by atoms with Crippen LogP contribution in [0.4, 0.5) is 0 Å². The third kappa shape index (κ3) is 3.09. The topological polar surface area (TPSA) is 68.3 Å². The Kier molecular flexibility index (Phi) is 4.75. The molecule has 0 atom stereocenters. The molecule has 4 nitrogen and oxygen atoms in total. The number of aryl methyl sites for hydroxylation is 1. The molecule has 96 valence electrons. The van der Waals surface area contributed by atoms with Crippen LogP contribution in [-0.2, 0) is 0 Å². The van der Waals surface area contributed by atoms with Gasteiger partial charge in [-0.25, -0.2) is 0 Å². The number of hydrogen-bond donors (Lipinski definition) is 2. The maximum Gasteiger partial charge on any atom is 0.287 e. The van der Waals surface area contributed by atoms with Gasteiger partial charge in [-0.15, -0.1) is 0 Å². The van der Waals surface area contributed by atoms with Crippen molar-refractivity contribution in [3.8, 4) is 0 Å². The van der Waals surface area contributed by atoms with E-state index in [2.05, 4.69) is 19.2 Å². The number of amides is 1. The van der Waals surface area contributed by atoms with E-state index in [0.29, 0.717) is 18.8 Å². The van der Waals surface area contributed by atoms with E-state index in [1.54, 1.807) is 6.07 Å². The van der Waals surface area contributed by atoms with Gasteiger partial charge in [-0.3, -0.25) is 4.79 Å². The van der Waals surface area contributed by atoms with Crippen molar-refractivity contribution in [2.45, 2.75) is 33.6 Å². The Balaban J connectivity index is 2.62. The molecule has 0 saturated heterocycles. The standard InChI is InChI=1S/C13H22N2O2/c1-4-13(5-2,8-14)9-15-12(16)11-10(3)6-7-17-11/h6-7H,4-5,8-9,14H2,1-3H3,(H,15,16). The predicted molar refractivity (Wildman–Crippen MR) is 67.8 cm³/mol. The highest BCUT2D eigenvalue weighted by Gasteiger charge is 2.25. The molecule has 0 radical (unpaired) electrons. The maximum atomic E-state index is 11.9. The van der Waals surface area contributed by atoms with Crippen molar-refractivity contribution in [2.75, 3.05) is 13.1 Å². The number of hydrogen-bond acceptors (Lipinski definition) is 3. The van der Waals surface area contributed by atoms with Crippen molar-refractivity contribution in [2.24, 2.45) is 11.1 Å². The summed E-state index contributed by atoms with van der Waals surface area (Å²) in [6.07, 6.45) is 3.44. The molecule has 0 bridgehead atoms. The minimum Gasteiger partial charge on any atom is -0.459 e. The van der Waals surface area contributed by atoms with Gasteiger partial charge in [0.1, 0.15) is 0 Å². The van der Waals surface area contributed by atoms with Gasteiger partial charge in [0.25, 0.3) is 5.91 Å². The van der Waals surface area contributed by atoms with Crippen LogP contribution in [0.15, 0.2) is 16.7 Å². The maximum absolute atomic E-state index is 11.9. The zero-order chi connectivity index (χ0) is 12.9. The molecule has 3 N–H and O–H groups in total. The summed E-state index contributed by atoms with van der Waals surface area (Å²) in [4.78, 5) is 11.9. The van der Waals surface area contributed by atoms with Gasteiger partial charge >= 0.3 is 0 Å². The Morgan fingerprint density at radius 3 is 2.53 bits per heavy atom. The van der Waals surface area contributed by atoms with Gasteiger partial charge in [-0.05, 0) is 37.8 Å². The van der Waals surface area contributed by atoms with Crippen molar-refractivity contribution < 1.29 is 9.21 Å². The first-order chi connectivity index (χ1) is 8.08. The molecule has 0 spiro atoms. The monoisotopic (exact) mass is 238 g/mol. The third-order valence-corrected chi connectivity index (χ3v) is 3.63. The van der Waals surface area contributed by atoms with Crippen LogP contribution in [-0.4, -0.2) is 19.0 Å². The number of nitrogens with one attached hydrogen (secondary N) is 1. The molecule has 0 fully saturated rings. The second-order valence-electron chi connectivity index (χ2n) is 4.53.